The normalized spacial score (nSPS) is 11.8. The van der Waals surface area contributed by atoms with Crippen LogP contribution in [0.4, 0.5) is 11.5 Å². The van der Waals surface area contributed by atoms with Crippen molar-refractivity contribution in [1.82, 2.24) is 15.3 Å². The molecule has 0 spiro atoms. The van der Waals surface area contributed by atoms with E-state index in [1.54, 1.807) is 12.3 Å². The second kappa shape index (κ2) is 7.22. The molecule has 5 nitrogen and oxygen atoms in total. The van der Waals surface area contributed by atoms with E-state index >= 15 is 0 Å². The zero-order valence-electron chi connectivity index (χ0n) is 12.9. The van der Waals surface area contributed by atoms with Crippen LogP contribution in [0, 0.1) is 6.92 Å². The number of hydrogen-bond donors (Lipinski definition) is 2. The number of carbonyl (C=O) groups is 1. The summed E-state index contributed by atoms with van der Waals surface area (Å²) in [6.45, 7) is 5.91. The summed E-state index contributed by atoms with van der Waals surface area (Å²) >= 11 is 5.93. The van der Waals surface area contributed by atoms with Crippen LogP contribution < -0.4 is 10.6 Å². The van der Waals surface area contributed by atoms with Gasteiger partial charge in [-0.25, -0.2) is 9.97 Å². The Balaban J connectivity index is 2.07. The maximum absolute atomic E-state index is 11.9. The number of hydrogen-bond acceptors (Lipinski definition) is 4. The van der Waals surface area contributed by atoms with Crippen molar-refractivity contribution >= 4 is 29.0 Å². The molecule has 6 heteroatoms. The molecule has 0 aliphatic rings. The standard InChI is InChI=1S/C16H19ClN4O/c1-4-11(3)20-16(22)14-8-19-15(9-18-14)21-13-6-5-12(17)7-10(13)2/h5-9,11H,4H2,1-3H3,(H,19,21)(H,20,22). The molecule has 2 aromatic rings. The van der Waals surface area contributed by atoms with Crippen molar-refractivity contribution in [2.75, 3.05) is 5.32 Å². The predicted octanol–water partition coefficient (Wildman–Crippen LogP) is 3.71. The largest absolute Gasteiger partial charge is 0.348 e. The van der Waals surface area contributed by atoms with Crippen molar-refractivity contribution in [3.05, 3.63) is 46.9 Å². The Kier molecular flexibility index (Phi) is 5.33. The van der Waals surface area contributed by atoms with E-state index in [1.807, 2.05) is 32.9 Å². The fourth-order valence-electron chi connectivity index (χ4n) is 1.81. The van der Waals surface area contributed by atoms with Gasteiger partial charge in [-0.1, -0.05) is 18.5 Å². The Bertz CT molecular complexity index is 658. The van der Waals surface area contributed by atoms with Crippen LogP contribution in [-0.2, 0) is 0 Å². The van der Waals surface area contributed by atoms with E-state index in [0.717, 1.165) is 17.7 Å². The molecule has 2 rings (SSSR count). The average molecular weight is 319 g/mol. The first kappa shape index (κ1) is 16.2. The van der Waals surface area contributed by atoms with Crippen LogP contribution in [0.25, 0.3) is 0 Å². The lowest BCUT2D eigenvalue weighted by molar-refractivity contribution is 0.0934. The summed E-state index contributed by atoms with van der Waals surface area (Å²) in [5.74, 6) is 0.363. The zero-order valence-corrected chi connectivity index (χ0v) is 13.6. The first-order valence-corrected chi connectivity index (χ1v) is 7.53. The van der Waals surface area contributed by atoms with E-state index in [9.17, 15) is 4.79 Å². The fourth-order valence-corrected chi connectivity index (χ4v) is 2.04. The number of nitrogens with one attached hydrogen (secondary N) is 2. The van der Waals surface area contributed by atoms with Gasteiger partial charge in [0.25, 0.3) is 5.91 Å². The van der Waals surface area contributed by atoms with Crippen molar-refractivity contribution in [1.29, 1.82) is 0 Å². The monoisotopic (exact) mass is 318 g/mol. The van der Waals surface area contributed by atoms with Crippen molar-refractivity contribution in [3.8, 4) is 0 Å². The molecule has 1 atom stereocenters. The molecule has 2 N–H and O–H groups in total. The molecule has 116 valence electrons. The number of aromatic nitrogens is 2. The van der Waals surface area contributed by atoms with Crippen molar-refractivity contribution < 1.29 is 4.79 Å². The maximum Gasteiger partial charge on any atom is 0.271 e. The minimum absolute atomic E-state index is 0.115. The number of anilines is 2. The third-order valence-corrected chi connectivity index (χ3v) is 3.56. The van der Waals surface area contributed by atoms with Crippen LogP contribution in [-0.4, -0.2) is 21.9 Å². The maximum atomic E-state index is 11.9. The number of nitrogens with zero attached hydrogens (tertiary/aromatic N) is 2. The molecule has 0 radical (unpaired) electrons. The fraction of sp³-hybridized carbons (Fsp3) is 0.312. The summed E-state index contributed by atoms with van der Waals surface area (Å²) < 4.78 is 0. The molecular weight excluding hydrogens is 300 g/mol. The Morgan fingerprint density at radius 1 is 1.32 bits per heavy atom. The predicted molar refractivity (Wildman–Crippen MR) is 88.7 cm³/mol. The van der Waals surface area contributed by atoms with Gasteiger partial charge in [-0.2, -0.15) is 0 Å². The molecule has 1 aromatic carbocycles. The van der Waals surface area contributed by atoms with Gasteiger partial charge in [0, 0.05) is 16.8 Å². The molecule has 0 aliphatic heterocycles. The highest BCUT2D eigenvalue weighted by molar-refractivity contribution is 6.30. The summed E-state index contributed by atoms with van der Waals surface area (Å²) in [6, 6.07) is 5.66. The smallest absolute Gasteiger partial charge is 0.271 e. The topological polar surface area (TPSA) is 66.9 Å². The lowest BCUT2D eigenvalue weighted by Crippen LogP contribution is -2.32. The van der Waals surface area contributed by atoms with E-state index in [4.69, 9.17) is 11.6 Å². The molecule has 1 unspecified atom stereocenters. The summed E-state index contributed by atoms with van der Waals surface area (Å²) in [5.41, 5.74) is 2.21. The number of carbonyl (C=O) groups excluding carboxylic acids is 1. The molecule has 1 heterocycles. The van der Waals surface area contributed by atoms with Gasteiger partial charge >= 0.3 is 0 Å². The second-order valence-corrected chi connectivity index (χ2v) is 5.59. The van der Waals surface area contributed by atoms with Crippen LogP contribution in [0.2, 0.25) is 5.02 Å². The Hall–Kier alpha value is -2.14. The van der Waals surface area contributed by atoms with Crippen molar-refractivity contribution in [3.63, 3.8) is 0 Å². The molecular formula is C16H19ClN4O. The van der Waals surface area contributed by atoms with E-state index in [0.29, 0.717) is 16.5 Å². The van der Waals surface area contributed by atoms with Crippen LogP contribution in [0.5, 0.6) is 0 Å². The van der Waals surface area contributed by atoms with Gasteiger partial charge in [-0.05, 0) is 44.0 Å². The Labute approximate surface area is 135 Å². The van der Waals surface area contributed by atoms with Crippen LogP contribution in [0.15, 0.2) is 30.6 Å². The highest BCUT2D eigenvalue weighted by Crippen LogP contribution is 2.22. The average Bonchev–Trinajstić information content (AvgIpc) is 2.50. The summed E-state index contributed by atoms with van der Waals surface area (Å²) in [5, 5.41) is 6.69. The van der Waals surface area contributed by atoms with E-state index < -0.39 is 0 Å². The molecule has 0 bridgehead atoms. The minimum Gasteiger partial charge on any atom is -0.348 e. The SMILES string of the molecule is CCC(C)NC(=O)c1cnc(Nc2ccc(Cl)cc2C)cn1. The van der Waals surface area contributed by atoms with Gasteiger partial charge < -0.3 is 10.6 Å². The highest BCUT2D eigenvalue weighted by Gasteiger charge is 2.10. The van der Waals surface area contributed by atoms with Gasteiger partial charge in [0.2, 0.25) is 0 Å². The first-order valence-electron chi connectivity index (χ1n) is 7.15. The lowest BCUT2D eigenvalue weighted by Gasteiger charge is -2.11. The second-order valence-electron chi connectivity index (χ2n) is 5.15. The number of amides is 1. The van der Waals surface area contributed by atoms with Gasteiger partial charge in [-0.3, -0.25) is 4.79 Å². The van der Waals surface area contributed by atoms with Crippen LogP contribution in [0.3, 0.4) is 0 Å². The number of aryl methyl sites for hydroxylation is 1. The molecule has 1 aromatic heterocycles. The number of rotatable bonds is 5. The van der Waals surface area contributed by atoms with Gasteiger partial charge in [-0.15, -0.1) is 0 Å². The van der Waals surface area contributed by atoms with E-state index in [2.05, 4.69) is 20.6 Å². The lowest BCUT2D eigenvalue weighted by atomic mass is 10.2. The van der Waals surface area contributed by atoms with Crippen LogP contribution in [0.1, 0.15) is 36.3 Å². The molecule has 22 heavy (non-hydrogen) atoms. The zero-order chi connectivity index (χ0) is 16.1. The van der Waals surface area contributed by atoms with E-state index in [-0.39, 0.29) is 11.9 Å². The first-order chi connectivity index (χ1) is 10.5. The van der Waals surface area contributed by atoms with Crippen molar-refractivity contribution in [2.45, 2.75) is 33.2 Å². The third kappa shape index (κ3) is 4.18. The summed E-state index contributed by atoms with van der Waals surface area (Å²) in [7, 11) is 0. The summed E-state index contributed by atoms with van der Waals surface area (Å²) in [6.07, 6.45) is 3.87. The third-order valence-electron chi connectivity index (χ3n) is 3.33. The molecule has 0 saturated heterocycles. The highest BCUT2D eigenvalue weighted by atomic mass is 35.5. The van der Waals surface area contributed by atoms with E-state index in [1.165, 1.54) is 6.20 Å². The number of benzene rings is 1. The molecule has 0 aliphatic carbocycles. The Morgan fingerprint density at radius 3 is 2.68 bits per heavy atom. The summed E-state index contributed by atoms with van der Waals surface area (Å²) in [4.78, 5) is 20.3. The molecule has 0 saturated carbocycles. The molecule has 0 fully saturated rings. The van der Waals surface area contributed by atoms with Gasteiger partial charge in [0.05, 0.1) is 12.4 Å². The van der Waals surface area contributed by atoms with Crippen molar-refractivity contribution in [2.24, 2.45) is 0 Å². The van der Waals surface area contributed by atoms with Crippen LogP contribution >= 0.6 is 11.6 Å². The Morgan fingerprint density at radius 2 is 2.09 bits per heavy atom. The quantitative estimate of drug-likeness (QED) is 0.882. The molecule has 1 amide bonds. The minimum atomic E-state index is -0.212. The number of halogens is 1. The van der Waals surface area contributed by atoms with Gasteiger partial charge in [0.15, 0.2) is 0 Å². The van der Waals surface area contributed by atoms with Gasteiger partial charge in [0.1, 0.15) is 11.5 Å².